The van der Waals surface area contributed by atoms with Crippen molar-refractivity contribution in [3.05, 3.63) is 95.6 Å². The summed E-state index contributed by atoms with van der Waals surface area (Å²) in [4.78, 5) is 54.4. The summed E-state index contributed by atoms with van der Waals surface area (Å²) in [6.07, 6.45) is 4.99. The summed E-state index contributed by atoms with van der Waals surface area (Å²) >= 11 is 0. The number of likely N-dealkylation sites (tertiary alicyclic amines) is 1. The van der Waals surface area contributed by atoms with Crippen molar-refractivity contribution in [2.75, 3.05) is 30.8 Å². The van der Waals surface area contributed by atoms with Crippen molar-refractivity contribution in [3.8, 4) is 0 Å². The van der Waals surface area contributed by atoms with E-state index in [0.29, 0.717) is 48.9 Å². The second-order valence-electron chi connectivity index (χ2n) is 11.3. The van der Waals surface area contributed by atoms with Gasteiger partial charge in [0.2, 0.25) is 17.7 Å². The first-order valence-corrected chi connectivity index (χ1v) is 14.7. The minimum atomic E-state index is -0.249. The van der Waals surface area contributed by atoms with Gasteiger partial charge in [0.15, 0.2) is 0 Å². The van der Waals surface area contributed by atoms with Crippen LogP contribution in [-0.2, 0) is 27.2 Å². The second-order valence-corrected chi connectivity index (χ2v) is 11.3. The van der Waals surface area contributed by atoms with Crippen molar-refractivity contribution in [2.24, 2.45) is 5.92 Å². The van der Waals surface area contributed by atoms with Crippen LogP contribution in [0.1, 0.15) is 53.6 Å². The minimum absolute atomic E-state index is 0.00399. The number of carbonyl (C=O) groups is 4. The van der Waals surface area contributed by atoms with E-state index in [4.69, 9.17) is 0 Å². The van der Waals surface area contributed by atoms with Crippen molar-refractivity contribution in [3.63, 3.8) is 0 Å². The van der Waals surface area contributed by atoms with E-state index in [2.05, 4.69) is 10.6 Å². The van der Waals surface area contributed by atoms with Crippen LogP contribution >= 0.6 is 0 Å². The summed E-state index contributed by atoms with van der Waals surface area (Å²) in [5.74, 6) is -0.424. The van der Waals surface area contributed by atoms with Crippen molar-refractivity contribution in [1.82, 2.24) is 9.80 Å². The van der Waals surface area contributed by atoms with Gasteiger partial charge in [-0.2, -0.15) is 0 Å². The fraction of sp³-hybridized carbons (Fsp3) is 0.353. The summed E-state index contributed by atoms with van der Waals surface area (Å²) in [5, 5.41) is 5.85. The monoisotopic (exact) mass is 566 g/mol. The van der Waals surface area contributed by atoms with Gasteiger partial charge in [-0.1, -0.05) is 42.5 Å². The van der Waals surface area contributed by atoms with Crippen LogP contribution in [0.2, 0.25) is 0 Å². The molecule has 1 atom stereocenters. The molecule has 3 aromatic carbocycles. The lowest BCUT2D eigenvalue weighted by Gasteiger charge is -2.32. The highest BCUT2D eigenvalue weighted by Crippen LogP contribution is 2.27. The van der Waals surface area contributed by atoms with Gasteiger partial charge >= 0.3 is 0 Å². The number of benzene rings is 3. The number of rotatable bonds is 10. The highest BCUT2D eigenvalue weighted by Gasteiger charge is 2.30. The SMILES string of the molecule is CN(C(=O)c1ccc(NC(=O)Cc2ccc(NC(=O)C3CCCN(C(=O)CCc4ccccc4)C3)cc2)cc1)C1CC1. The van der Waals surface area contributed by atoms with E-state index in [-0.39, 0.29) is 36.0 Å². The van der Waals surface area contributed by atoms with Crippen LogP contribution in [-0.4, -0.2) is 59.6 Å². The molecule has 1 saturated heterocycles. The van der Waals surface area contributed by atoms with E-state index < -0.39 is 0 Å². The molecular weight excluding hydrogens is 528 g/mol. The Balaban J connectivity index is 1.06. The molecule has 5 rings (SSSR count). The number of anilines is 2. The number of nitrogens with one attached hydrogen (secondary N) is 2. The van der Waals surface area contributed by atoms with Crippen LogP contribution in [0.5, 0.6) is 0 Å². The molecule has 8 nitrogen and oxygen atoms in total. The van der Waals surface area contributed by atoms with Gasteiger partial charge in [-0.25, -0.2) is 0 Å². The van der Waals surface area contributed by atoms with Gasteiger partial charge in [0.05, 0.1) is 12.3 Å². The topological polar surface area (TPSA) is 98.8 Å². The molecule has 2 N–H and O–H groups in total. The quantitative estimate of drug-likeness (QED) is 0.364. The number of hydrogen-bond donors (Lipinski definition) is 2. The van der Waals surface area contributed by atoms with Gasteiger partial charge in [0.25, 0.3) is 5.91 Å². The smallest absolute Gasteiger partial charge is 0.253 e. The summed E-state index contributed by atoms with van der Waals surface area (Å²) in [5.41, 5.74) is 3.85. The summed E-state index contributed by atoms with van der Waals surface area (Å²) in [6.45, 7) is 1.12. The Kier molecular flexibility index (Phi) is 9.31. The summed E-state index contributed by atoms with van der Waals surface area (Å²) in [6, 6.07) is 24.5. The highest BCUT2D eigenvalue weighted by atomic mass is 16.2. The molecule has 0 spiro atoms. The minimum Gasteiger partial charge on any atom is -0.342 e. The lowest BCUT2D eigenvalue weighted by atomic mass is 9.96. The fourth-order valence-corrected chi connectivity index (χ4v) is 5.34. The van der Waals surface area contributed by atoms with E-state index >= 15 is 0 Å². The summed E-state index contributed by atoms with van der Waals surface area (Å²) < 4.78 is 0. The Labute approximate surface area is 247 Å². The van der Waals surface area contributed by atoms with E-state index in [1.807, 2.05) is 54.4 Å². The van der Waals surface area contributed by atoms with Crippen molar-refractivity contribution < 1.29 is 19.2 Å². The lowest BCUT2D eigenvalue weighted by molar-refractivity contribution is -0.134. The molecule has 2 aliphatic rings. The van der Waals surface area contributed by atoms with Crippen LogP contribution in [0.25, 0.3) is 0 Å². The Morgan fingerprint density at radius 3 is 2.17 bits per heavy atom. The molecule has 0 radical (unpaired) electrons. The third kappa shape index (κ3) is 7.84. The fourth-order valence-electron chi connectivity index (χ4n) is 5.34. The second kappa shape index (κ2) is 13.5. The van der Waals surface area contributed by atoms with Crippen molar-refractivity contribution in [2.45, 2.75) is 51.0 Å². The Morgan fingerprint density at radius 2 is 1.48 bits per heavy atom. The van der Waals surface area contributed by atoms with Gasteiger partial charge in [-0.05, 0) is 79.6 Å². The Bertz CT molecular complexity index is 1400. The average molecular weight is 567 g/mol. The third-order valence-electron chi connectivity index (χ3n) is 8.03. The normalized spacial score (nSPS) is 16.4. The van der Waals surface area contributed by atoms with Gasteiger partial charge < -0.3 is 20.4 Å². The molecule has 2 fully saturated rings. The Morgan fingerprint density at radius 1 is 0.810 bits per heavy atom. The molecule has 218 valence electrons. The first kappa shape index (κ1) is 29.0. The van der Waals surface area contributed by atoms with E-state index in [9.17, 15) is 19.2 Å². The number of carbonyl (C=O) groups excluding carboxylic acids is 4. The lowest BCUT2D eigenvalue weighted by Crippen LogP contribution is -2.43. The predicted molar refractivity (Wildman–Crippen MR) is 163 cm³/mol. The van der Waals surface area contributed by atoms with Crippen molar-refractivity contribution in [1.29, 1.82) is 0 Å². The van der Waals surface area contributed by atoms with Crippen LogP contribution in [0.4, 0.5) is 11.4 Å². The van der Waals surface area contributed by atoms with Crippen LogP contribution in [0, 0.1) is 5.92 Å². The molecule has 42 heavy (non-hydrogen) atoms. The van der Waals surface area contributed by atoms with Crippen LogP contribution in [0.15, 0.2) is 78.9 Å². The predicted octanol–water partition coefficient (Wildman–Crippen LogP) is 4.91. The number of amides is 4. The molecule has 1 aliphatic carbocycles. The molecule has 1 aliphatic heterocycles. The van der Waals surface area contributed by atoms with Crippen LogP contribution < -0.4 is 10.6 Å². The zero-order chi connectivity index (χ0) is 29.5. The summed E-state index contributed by atoms with van der Waals surface area (Å²) in [7, 11) is 1.83. The number of hydrogen-bond acceptors (Lipinski definition) is 4. The average Bonchev–Trinajstić information content (AvgIpc) is 3.87. The van der Waals surface area contributed by atoms with Gasteiger partial charge in [-0.15, -0.1) is 0 Å². The number of aryl methyl sites for hydroxylation is 1. The Hall–Kier alpha value is -4.46. The molecule has 4 amide bonds. The maximum absolute atomic E-state index is 13.0. The zero-order valence-corrected chi connectivity index (χ0v) is 24.1. The molecule has 8 heteroatoms. The zero-order valence-electron chi connectivity index (χ0n) is 24.1. The number of piperidine rings is 1. The van der Waals surface area contributed by atoms with Gasteiger partial charge in [0.1, 0.15) is 0 Å². The van der Waals surface area contributed by atoms with Gasteiger partial charge in [-0.3, -0.25) is 19.2 Å². The molecular formula is C34H38N4O4. The molecule has 1 unspecified atom stereocenters. The first-order valence-electron chi connectivity index (χ1n) is 14.7. The van der Waals surface area contributed by atoms with Crippen molar-refractivity contribution >= 4 is 35.0 Å². The highest BCUT2D eigenvalue weighted by molar-refractivity contribution is 5.96. The van der Waals surface area contributed by atoms with Gasteiger partial charge in [0, 0.05) is 49.5 Å². The van der Waals surface area contributed by atoms with E-state index in [0.717, 1.165) is 36.8 Å². The maximum Gasteiger partial charge on any atom is 0.253 e. The van der Waals surface area contributed by atoms with E-state index in [1.54, 1.807) is 41.3 Å². The first-order chi connectivity index (χ1) is 20.4. The largest absolute Gasteiger partial charge is 0.342 e. The molecule has 1 saturated carbocycles. The molecule has 0 bridgehead atoms. The molecule has 1 heterocycles. The third-order valence-corrected chi connectivity index (χ3v) is 8.03. The standard InChI is InChI=1S/C34H38N4O4/c1-37(30-18-19-30)34(42)26-12-16-28(17-13-26)35-31(39)22-25-9-14-29(15-10-25)36-33(41)27-8-5-21-38(23-27)32(40)20-11-24-6-3-2-4-7-24/h2-4,6-7,9-10,12-17,27,30H,5,8,11,18-23H2,1H3,(H,35,39)(H,36,41). The van der Waals surface area contributed by atoms with Crippen LogP contribution in [0.3, 0.4) is 0 Å². The maximum atomic E-state index is 13.0. The molecule has 3 aromatic rings. The van der Waals surface area contributed by atoms with E-state index in [1.165, 1.54) is 0 Å². The number of nitrogens with zero attached hydrogens (tertiary/aromatic N) is 2. The molecule has 0 aromatic heterocycles.